The molecule has 0 spiro atoms. The molecule has 0 bridgehead atoms. The molecule has 7 heteroatoms. The van der Waals surface area contributed by atoms with Crippen LogP contribution < -0.4 is 0 Å². The molecular weight excluding hydrogens is 436 g/mol. The molecule has 160 valence electrons. The maximum absolute atomic E-state index is 13.3. The van der Waals surface area contributed by atoms with Crippen molar-refractivity contribution in [3.8, 4) is 0 Å². The monoisotopic (exact) mass is 458 g/mol. The second-order valence-corrected chi connectivity index (χ2v) is 9.93. The zero-order valence-electron chi connectivity index (χ0n) is 17.8. The van der Waals surface area contributed by atoms with Crippen LogP contribution in [0.2, 0.25) is 0 Å². The molecule has 1 atom stereocenters. The molecule has 1 aliphatic heterocycles. The van der Waals surface area contributed by atoms with Gasteiger partial charge in [-0.15, -0.1) is 21.5 Å². The van der Waals surface area contributed by atoms with E-state index in [1.54, 1.807) is 0 Å². The van der Waals surface area contributed by atoms with Gasteiger partial charge in [-0.05, 0) is 31.1 Å². The number of hydrogen-bond donors (Lipinski definition) is 1. The van der Waals surface area contributed by atoms with Crippen LogP contribution in [0.3, 0.4) is 0 Å². The summed E-state index contributed by atoms with van der Waals surface area (Å²) in [5, 5.41) is 19.7. The smallest absolute Gasteiger partial charge is 0.186 e. The fourth-order valence-electron chi connectivity index (χ4n) is 4.08. The molecule has 2 aromatic carbocycles. The number of hydrogen-bond acceptors (Lipinski definition) is 6. The molecule has 2 aromatic heterocycles. The second kappa shape index (κ2) is 8.48. The van der Waals surface area contributed by atoms with Crippen LogP contribution in [0.1, 0.15) is 39.7 Å². The van der Waals surface area contributed by atoms with E-state index < -0.39 is 5.92 Å². The average Bonchev–Trinajstić information content (AvgIpc) is 3.46. The summed E-state index contributed by atoms with van der Waals surface area (Å²) in [6.45, 7) is 4.88. The van der Waals surface area contributed by atoms with Crippen LogP contribution in [-0.4, -0.2) is 25.6 Å². The molecular formula is C25H22N4OS2. The van der Waals surface area contributed by atoms with E-state index in [0.717, 1.165) is 40.1 Å². The lowest BCUT2D eigenvalue weighted by molar-refractivity contribution is -0.114. The Morgan fingerprint density at radius 3 is 2.59 bits per heavy atom. The average molecular weight is 459 g/mol. The van der Waals surface area contributed by atoms with Crippen LogP contribution in [0.4, 0.5) is 0 Å². The number of benzene rings is 2. The van der Waals surface area contributed by atoms with Gasteiger partial charge in [-0.25, -0.2) is 0 Å². The number of rotatable bonds is 5. The first kappa shape index (κ1) is 20.8. The fourth-order valence-corrected chi connectivity index (χ4v) is 6.02. The van der Waals surface area contributed by atoms with Gasteiger partial charge >= 0.3 is 0 Å². The number of nitrogens with one attached hydrogen (secondary N) is 1. The molecule has 0 radical (unpaired) electrons. The quantitative estimate of drug-likeness (QED) is 0.382. The van der Waals surface area contributed by atoms with E-state index in [1.807, 2.05) is 31.2 Å². The van der Waals surface area contributed by atoms with Crippen molar-refractivity contribution in [3.63, 3.8) is 0 Å². The summed E-state index contributed by atoms with van der Waals surface area (Å²) in [6, 6.07) is 18.7. The minimum atomic E-state index is -0.623. The van der Waals surface area contributed by atoms with Gasteiger partial charge in [0.15, 0.2) is 5.78 Å². The number of para-hydroxylation sites is 1. The third kappa shape index (κ3) is 3.61. The predicted molar refractivity (Wildman–Crippen MR) is 133 cm³/mol. The predicted octanol–water partition coefficient (Wildman–Crippen LogP) is 5.83. The number of aryl methyl sites for hydroxylation is 1. The maximum Gasteiger partial charge on any atom is 0.186 e. The van der Waals surface area contributed by atoms with Crippen molar-refractivity contribution in [3.05, 3.63) is 86.3 Å². The Hall–Kier alpha value is -3.03. The number of nitrogens with zero attached hydrogens (tertiary/aromatic N) is 3. The third-order valence-corrected chi connectivity index (χ3v) is 7.88. The molecule has 4 aromatic rings. The summed E-state index contributed by atoms with van der Waals surface area (Å²) >= 11 is 2.67. The Labute approximate surface area is 194 Å². The van der Waals surface area contributed by atoms with Gasteiger partial charge in [0.1, 0.15) is 15.9 Å². The van der Waals surface area contributed by atoms with Gasteiger partial charge in [-0.1, -0.05) is 67.2 Å². The summed E-state index contributed by atoms with van der Waals surface area (Å²) < 4.78 is 2.29. The first-order valence-electron chi connectivity index (χ1n) is 10.5. The molecule has 1 N–H and O–H groups in total. The van der Waals surface area contributed by atoms with E-state index in [9.17, 15) is 4.79 Å². The Morgan fingerprint density at radius 1 is 1.09 bits per heavy atom. The Morgan fingerprint density at radius 2 is 1.84 bits per heavy atom. The largest absolute Gasteiger partial charge is 0.340 e. The van der Waals surface area contributed by atoms with Crippen molar-refractivity contribution in [2.75, 3.05) is 0 Å². The molecule has 1 fully saturated rings. The number of carbonyl (C=O) groups is 1. The lowest BCUT2D eigenvalue weighted by Crippen LogP contribution is -2.11. The Kier molecular flexibility index (Phi) is 5.53. The van der Waals surface area contributed by atoms with Crippen LogP contribution in [0, 0.1) is 12.3 Å². The zero-order chi connectivity index (χ0) is 22.2. The summed E-state index contributed by atoms with van der Waals surface area (Å²) in [5.41, 5.74) is 4.51. The third-order valence-electron chi connectivity index (χ3n) is 5.76. The van der Waals surface area contributed by atoms with E-state index in [0.29, 0.717) is 15.0 Å². The van der Waals surface area contributed by atoms with E-state index in [2.05, 4.69) is 58.1 Å². The summed E-state index contributed by atoms with van der Waals surface area (Å²) in [4.78, 5) is 13.9. The minimum absolute atomic E-state index is 0.0573. The van der Waals surface area contributed by atoms with E-state index in [4.69, 9.17) is 5.41 Å². The van der Waals surface area contributed by atoms with Gasteiger partial charge < -0.3 is 4.57 Å². The molecule has 0 unspecified atom stereocenters. The standard InChI is InChI=1S/C25H22N4OS2/c1-3-21-27-28-25(32-21)22-23(30)20(31-24(22)26)13-18-15(2)29(14-16-9-5-4-6-10-16)19-12-8-7-11-17(18)19/h4-13,22,26H,3,14H2,1-2H3/b20-13-,26-24?/t22-/m0/s1. The van der Waals surface area contributed by atoms with Crippen LogP contribution >= 0.6 is 23.1 Å². The van der Waals surface area contributed by atoms with Crippen molar-refractivity contribution in [2.24, 2.45) is 0 Å². The number of allylic oxidation sites excluding steroid dienone is 1. The SMILES string of the molecule is CCc1nnc([C@@H]2C(=N)S/C(=C\c3c(C)n(Cc4ccccc4)c4ccccc34)C2=O)s1. The molecule has 1 aliphatic rings. The maximum atomic E-state index is 13.3. The summed E-state index contributed by atoms with van der Waals surface area (Å²) in [6.07, 6.45) is 2.74. The summed E-state index contributed by atoms with van der Waals surface area (Å²) in [7, 11) is 0. The number of aromatic nitrogens is 3. The second-order valence-electron chi connectivity index (χ2n) is 7.75. The first-order chi connectivity index (χ1) is 15.6. The van der Waals surface area contributed by atoms with Crippen molar-refractivity contribution in [1.29, 1.82) is 5.41 Å². The first-order valence-corrected chi connectivity index (χ1v) is 12.2. The molecule has 5 rings (SSSR count). The highest BCUT2D eigenvalue weighted by molar-refractivity contribution is 8.19. The van der Waals surface area contributed by atoms with Gasteiger partial charge in [-0.3, -0.25) is 10.2 Å². The highest BCUT2D eigenvalue weighted by Crippen LogP contribution is 2.42. The molecule has 5 nitrogen and oxygen atoms in total. The van der Waals surface area contributed by atoms with Gasteiger partial charge in [0.2, 0.25) is 0 Å². The van der Waals surface area contributed by atoms with Crippen LogP contribution in [0.15, 0.2) is 59.5 Å². The van der Waals surface area contributed by atoms with Gasteiger partial charge in [0, 0.05) is 28.7 Å². The van der Waals surface area contributed by atoms with E-state index >= 15 is 0 Å². The van der Waals surface area contributed by atoms with Gasteiger partial charge in [0.05, 0.1) is 9.95 Å². The highest BCUT2D eigenvalue weighted by Gasteiger charge is 2.39. The van der Waals surface area contributed by atoms with Crippen molar-refractivity contribution in [2.45, 2.75) is 32.7 Å². The van der Waals surface area contributed by atoms with Gasteiger partial charge in [0.25, 0.3) is 0 Å². The summed E-state index contributed by atoms with van der Waals surface area (Å²) in [5.74, 6) is -0.680. The zero-order valence-corrected chi connectivity index (χ0v) is 19.5. The van der Waals surface area contributed by atoms with Crippen LogP contribution in [-0.2, 0) is 17.8 Å². The number of Topliss-reactive ketones (excluding diaryl/α,β-unsaturated/α-hetero) is 1. The number of carbonyl (C=O) groups excluding carboxylic acids is 1. The van der Waals surface area contributed by atoms with Crippen molar-refractivity contribution in [1.82, 2.24) is 14.8 Å². The number of ketones is 1. The Bertz CT molecular complexity index is 1370. The molecule has 32 heavy (non-hydrogen) atoms. The molecule has 0 aliphatic carbocycles. The molecule has 1 saturated heterocycles. The molecule has 3 heterocycles. The Balaban J connectivity index is 1.56. The van der Waals surface area contributed by atoms with Crippen LogP contribution in [0.5, 0.6) is 0 Å². The van der Waals surface area contributed by atoms with Crippen LogP contribution in [0.25, 0.3) is 17.0 Å². The topological polar surface area (TPSA) is 71.6 Å². The lowest BCUT2D eigenvalue weighted by atomic mass is 10.0. The normalized spacial score (nSPS) is 17.7. The fraction of sp³-hybridized carbons (Fsp3) is 0.200. The number of fused-ring (bicyclic) bond motifs is 1. The van der Waals surface area contributed by atoms with Crippen molar-refractivity contribution >= 4 is 50.9 Å². The molecule has 0 saturated carbocycles. The lowest BCUT2D eigenvalue weighted by Gasteiger charge is -2.08. The highest BCUT2D eigenvalue weighted by atomic mass is 32.2. The number of thioether (sulfide) groups is 1. The minimum Gasteiger partial charge on any atom is -0.340 e. The van der Waals surface area contributed by atoms with E-state index in [-0.39, 0.29) is 5.78 Å². The van der Waals surface area contributed by atoms with E-state index in [1.165, 1.54) is 28.7 Å². The van der Waals surface area contributed by atoms with Gasteiger partial charge in [-0.2, -0.15) is 0 Å². The molecule has 0 amide bonds. The van der Waals surface area contributed by atoms with Crippen molar-refractivity contribution < 1.29 is 4.79 Å².